The summed E-state index contributed by atoms with van der Waals surface area (Å²) in [6.07, 6.45) is 3.35. The molecule has 7 heteroatoms. The van der Waals surface area contributed by atoms with E-state index in [2.05, 4.69) is 33.0 Å². The number of halogens is 3. The van der Waals surface area contributed by atoms with Crippen molar-refractivity contribution >= 4 is 45.3 Å². The van der Waals surface area contributed by atoms with Gasteiger partial charge in [-0.15, -0.1) is 0 Å². The van der Waals surface area contributed by atoms with E-state index in [9.17, 15) is 0 Å². The van der Waals surface area contributed by atoms with Crippen molar-refractivity contribution < 1.29 is 9.47 Å². The molecule has 1 N–H and O–H groups in total. The Morgan fingerprint density at radius 1 is 1.28 bits per heavy atom. The van der Waals surface area contributed by atoms with Crippen LogP contribution in [0.5, 0.6) is 11.5 Å². The van der Waals surface area contributed by atoms with Crippen LogP contribution in [0.3, 0.4) is 0 Å². The summed E-state index contributed by atoms with van der Waals surface area (Å²) in [6.45, 7) is 4.45. The smallest absolute Gasteiger partial charge is 0.175 e. The molecule has 0 saturated carbocycles. The molecule has 25 heavy (non-hydrogen) atoms. The van der Waals surface area contributed by atoms with Gasteiger partial charge in [0.05, 0.1) is 24.3 Å². The second-order valence-corrected chi connectivity index (χ2v) is 6.60. The highest BCUT2D eigenvalue weighted by molar-refractivity contribution is 9.10. The van der Waals surface area contributed by atoms with Crippen molar-refractivity contribution in [1.82, 2.24) is 5.43 Å². The summed E-state index contributed by atoms with van der Waals surface area (Å²) in [7, 11) is 1.58. The number of rotatable bonds is 8. The fraction of sp³-hybridized carbons (Fsp3) is 0.167. The van der Waals surface area contributed by atoms with Crippen molar-refractivity contribution in [3.8, 4) is 11.5 Å². The lowest BCUT2D eigenvalue weighted by atomic mass is 10.2. The average Bonchev–Trinajstić information content (AvgIpc) is 2.59. The second-order valence-electron chi connectivity index (χ2n) is 4.93. The molecule has 0 radical (unpaired) electrons. The Bertz CT molecular complexity index is 762. The first-order valence-corrected chi connectivity index (χ1v) is 8.91. The highest BCUT2D eigenvalue weighted by atomic mass is 79.9. The molecule has 0 aliphatic rings. The second kappa shape index (κ2) is 9.70. The lowest BCUT2D eigenvalue weighted by Crippen LogP contribution is -2.07. The molecular formula is C18H17BrCl2N2O2. The van der Waals surface area contributed by atoms with E-state index >= 15 is 0 Å². The molecule has 0 unspecified atom stereocenters. The van der Waals surface area contributed by atoms with E-state index in [-0.39, 0.29) is 0 Å². The number of hydrogen-bond acceptors (Lipinski definition) is 4. The maximum atomic E-state index is 6.12. The first-order chi connectivity index (χ1) is 12.1. The molecule has 2 aromatic carbocycles. The van der Waals surface area contributed by atoms with Gasteiger partial charge in [-0.25, -0.2) is 0 Å². The summed E-state index contributed by atoms with van der Waals surface area (Å²) in [6, 6.07) is 9.10. The van der Waals surface area contributed by atoms with Gasteiger partial charge < -0.3 is 14.9 Å². The number of hydrazone groups is 1. The maximum absolute atomic E-state index is 6.12. The monoisotopic (exact) mass is 442 g/mol. The van der Waals surface area contributed by atoms with Crippen LogP contribution in [-0.4, -0.2) is 19.9 Å². The zero-order chi connectivity index (χ0) is 18.2. The molecule has 0 spiro atoms. The van der Waals surface area contributed by atoms with E-state index in [1.54, 1.807) is 37.6 Å². The van der Waals surface area contributed by atoms with Gasteiger partial charge in [-0.05, 0) is 45.8 Å². The average molecular weight is 444 g/mol. The third kappa shape index (κ3) is 5.39. The van der Waals surface area contributed by atoms with E-state index in [1.165, 1.54) is 0 Å². The molecular weight excluding hydrogens is 427 g/mol. The normalized spacial score (nSPS) is 10.7. The lowest BCUT2D eigenvalue weighted by molar-refractivity contribution is 0.324. The molecule has 0 aliphatic heterocycles. The zero-order valence-corrected chi connectivity index (χ0v) is 16.7. The first-order valence-electron chi connectivity index (χ1n) is 7.36. The molecule has 2 rings (SSSR count). The number of methoxy groups -OCH3 is 1. The Balaban J connectivity index is 2.08. The van der Waals surface area contributed by atoms with Crippen LogP contribution in [0, 0.1) is 0 Å². The predicted octanol–water partition coefficient (Wildman–Crippen LogP) is 5.45. The predicted molar refractivity (Wildman–Crippen MR) is 107 cm³/mol. The number of benzene rings is 2. The Kier molecular flexibility index (Phi) is 7.62. The van der Waals surface area contributed by atoms with E-state index in [1.807, 2.05) is 12.1 Å². The van der Waals surface area contributed by atoms with Crippen LogP contribution in [0.2, 0.25) is 10.0 Å². The molecule has 0 amide bonds. The van der Waals surface area contributed by atoms with E-state index in [0.717, 1.165) is 15.6 Å². The van der Waals surface area contributed by atoms with E-state index < -0.39 is 0 Å². The van der Waals surface area contributed by atoms with Crippen molar-refractivity contribution in [2.45, 2.75) is 6.54 Å². The van der Waals surface area contributed by atoms with Gasteiger partial charge in [0.1, 0.15) is 6.61 Å². The van der Waals surface area contributed by atoms with Gasteiger partial charge in [-0.3, -0.25) is 0 Å². The van der Waals surface area contributed by atoms with Crippen LogP contribution in [0.15, 0.2) is 52.6 Å². The molecule has 2 aromatic rings. The van der Waals surface area contributed by atoms with Crippen LogP contribution in [0.4, 0.5) is 0 Å². The van der Waals surface area contributed by atoms with Crippen LogP contribution in [0.25, 0.3) is 0 Å². The molecule has 132 valence electrons. The highest BCUT2D eigenvalue weighted by Crippen LogP contribution is 2.36. The fourth-order valence-corrected chi connectivity index (χ4v) is 3.15. The zero-order valence-electron chi connectivity index (χ0n) is 13.6. The number of hydrogen-bond donors (Lipinski definition) is 1. The summed E-state index contributed by atoms with van der Waals surface area (Å²) in [5.74, 6) is 1.22. The quantitative estimate of drug-likeness (QED) is 0.335. The molecule has 0 fully saturated rings. The van der Waals surface area contributed by atoms with Crippen LogP contribution in [0.1, 0.15) is 11.1 Å². The summed E-state index contributed by atoms with van der Waals surface area (Å²) < 4.78 is 11.7. The summed E-state index contributed by atoms with van der Waals surface area (Å²) in [5, 5.41) is 5.40. The van der Waals surface area contributed by atoms with Crippen LogP contribution < -0.4 is 14.9 Å². The largest absolute Gasteiger partial charge is 0.493 e. The lowest BCUT2D eigenvalue weighted by Gasteiger charge is -2.12. The molecule has 0 aromatic heterocycles. The van der Waals surface area contributed by atoms with Crippen LogP contribution in [-0.2, 0) is 6.54 Å². The van der Waals surface area contributed by atoms with Crippen molar-refractivity contribution in [1.29, 1.82) is 0 Å². The highest BCUT2D eigenvalue weighted by Gasteiger charge is 2.10. The molecule has 0 aliphatic carbocycles. The number of nitrogens with one attached hydrogen (secondary N) is 1. The minimum absolute atomic E-state index is 0.391. The molecule has 0 heterocycles. The Hall–Kier alpha value is -1.69. The fourth-order valence-electron chi connectivity index (χ4n) is 2.04. The van der Waals surface area contributed by atoms with Gasteiger partial charge in [0, 0.05) is 15.6 Å². The standard InChI is InChI=1S/C18H17BrCl2N2O2/c1-3-7-25-18-14(19)8-12(9-17(18)24-2)10-22-23-11-13-15(20)5-4-6-16(13)21/h3-6,8-10,23H,1,7,11H2,2H3/b22-10+. The van der Waals surface area contributed by atoms with Crippen molar-refractivity contribution in [3.63, 3.8) is 0 Å². The van der Waals surface area contributed by atoms with Crippen molar-refractivity contribution in [2.75, 3.05) is 13.7 Å². The third-order valence-electron chi connectivity index (χ3n) is 3.22. The van der Waals surface area contributed by atoms with Gasteiger partial charge in [-0.2, -0.15) is 5.10 Å². The molecule has 0 saturated heterocycles. The molecule has 0 atom stereocenters. The summed E-state index contributed by atoms with van der Waals surface area (Å²) in [5.41, 5.74) is 4.58. The topological polar surface area (TPSA) is 42.8 Å². The number of nitrogens with zero attached hydrogens (tertiary/aromatic N) is 1. The van der Waals surface area contributed by atoms with E-state index in [0.29, 0.717) is 34.7 Å². The maximum Gasteiger partial charge on any atom is 0.175 e. The van der Waals surface area contributed by atoms with Crippen LogP contribution >= 0.6 is 39.1 Å². The Morgan fingerprint density at radius 3 is 2.64 bits per heavy atom. The van der Waals surface area contributed by atoms with Gasteiger partial charge in [0.15, 0.2) is 11.5 Å². The van der Waals surface area contributed by atoms with Gasteiger partial charge in [-0.1, -0.05) is 41.9 Å². The SMILES string of the molecule is C=CCOc1c(Br)cc(/C=N/NCc2c(Cl)cccc2Cl)cc1OC. The van der Waals surface area contributed by atoms with Gasteiger partial charge >= 0.3 is 0 Å². The summed E-state index contributed by atoms with van der Waals surface area (Å²) in [4.78, 5) is 0. The number of ether oxygens (including phenoxy) is 2. The third-order valence-corrected chi connectivity index (χ3v) is 4.52. The van der Waals surface area contributed by atoms with Gasteiger partial charge in [0.25, 0.3) is 0 Å². The Morgan fingerprint density at radius 2 is 2.00 bits per heavy atom. The van der Waals surface area contributed by atoms with Crippen molar-refractivity contribution in [2.24, 2.45) is 5.10 Å². The first kappa shape index (κ1) is 19.6. The minimum Gasteiger partial charge on any atom is -0.493 e. The summed E-state index contributed by atoms with van der Waals surface area (Å²) >= 11 is 15.7. The molecule has 4 nitrogen and oxygen atoms in total. The van der Waals surface area contributed by atoms with E-state index in [4.69, 9.17) is 32.7 Å². The van der Waals surface area contributed by atoms with Crippen molar-refractivity contribution in [3.05, 3.63) is 68.6 Å². The minimum atomic E-state index is 0.391. The molecule has 0 bridgehead atoms. The Labute approximate surface area is 165 Å². The van der Waals surface area contributed by atoms with Gasteiger partial charge in [0.2, 0.25) is 0 Å².